The van der Waals surface area contributed by atoms with Crippen molar-refractivity contribution in [2.75, 3.05) is 0 Å². The highest BCUT2D eigenvalue weighted by Gasteiger charge is 2.07. The number of nitrogens with two attached hydrogens (primary N) is 1. The van der Waals surface area contributed by atoms with Gasteiger partial charge in [-0.25, -0.2) is 4.79 Å². The Kier molecular flexibility index (Phi) is 2.92. The van der Waals surface area contributed by atoms with Gasteiger partial charge in [0.05, 0.1) is 0 Å². The van der Waals surface area contributed by atoms with Gasteiger partial charge in [0.25, 0.3) is 0 Å². The van der Waals surface area contributed by atoms with Gasteiger partial charge in [0.15, 0.2) is 0 Å². The fraction of sp³-hybridized carbons (Fsp3) is 0.182. The predicted molar refractivity (Wildman–Crippen MR) is 56.1 cm³/mol. The maximum Gasteiger partial charge on any atom is 0.409 e. The first-order valence-corrected chi connectivity index (χ1v) is 4.24. The van der Waals surface area contributed by atoms with E-state index in [4.69, 9.17) is 10.5 Å². The number of aryl methyl sites for hydroxylation is 1. The first-order valence-electron chi connectivity index (χ1n) is 4.24. The minimum absolute atomic E-state index is 0.463. The second-order valence-electron chi connectivity index (χ2n) is 3.20. The number of primary amides is 1. The molecule has 3 heteroatoms. The van der Waals surface area contributed by atoms with E-state index in [1.807, 2.05) is 26.0 Å². The molecule has 14 heavy (non-hydrogen) atoms. The number of allylic oxidation sites excluding steroid dienone is 1. The second kappa shape index (κ2) is 3.96. The van der Waals surface area contributed by atoms with Crippen molar-refractivity contribution >= 4 is 11.7 Å². The van der Waals surface area contributed by atoms with Gasteiger partial charge in [-0.15, -0.1) is 0 Å². The Hall–Kier alpha value is -1.77. The third-order valence-corrected chi connectivity index (χ3v) is 1.81. The number of hydrogen-bond donors (Lipinski definition) is 1. The quantitative estimate of drug-likeness (QED) is 0.780. The number of hydrogen-bond acceptors (Lipinski definition) is 2. The number of carbonyl (C=O) groups is 1. The summed E-state index contributed by atoms with van der Waals surface area (Å²) in [7, 11) is 0. The molecule has 0 atom stereocenters. The molecule has 0 aromatic heterocycles. The highest BCUT2D eigenvalue weighted by molar-refractivity contribution is 5.74. The van der Waals surface area contributed by atoms with E-state index in [9.17, 15) is 4.79 Å². The molecule has 1 rings (SSSR count). The number of rotatable bonds is 2. The predicted octanol–water partition coefficient (Wildman–Crippen LogP) is 2.49. The lowest BCUT2D eigenvalue weighted by atomic mass is 10.1. The van der Waals surface area contributed by atoms with Crippen molar-refractivity contribution in [1.82, 2.24) is 0 Å². The molecule has 0 saturated heterocycles. The number of amides is 1. The zero-order valence-electron chi connectivity index (χ0n) is 8.33. The van der Waals surface area contributed by atoms with Crippen LogP contribution >= 0.6 is 0 Å². The van der Waals surface area contributed by atoms with Crippen LogP contribution in [-0.4, -0.2) is 6.09 Å². The van der Waals surface area contributed by atoms with E-state index < -0.39 is 6.09 Å². The van der Waals surface area contributed by atoms with Gasteiger partial charge in [-0.05, 0) is 31.1 Å². The minimum Gasteiger partial charge on any atom is -0.410 e. The molecular weight excluding hydrogens is 178 g/mol. The molecule has 0 bridgehead atoms. The van der Waals surface area contributed by atoms with Crippen molar-refractivity contribution in [2.24, 2.45) is 5.73 Å². The monoisotopic (exact) mass is 191 g/mol. The lowest BCUT2D eigenvalue weighted by molar-refractivity contribution is 0.210. The van der Waals surface area contributed by atoms with Gasteiger partial charge in [-0.1, -0.05) is 18.7 Å². The van der Waals surface area contributed by atoms with Crippen molar-refractivity contribution < 1.29 is 9.53 Å². The first-order chi connectivity index (χ1) is 6.50. The van der Waals surface area contributed by atoms with Gasteiger partial charge < -0.3 is 10.5 Å². The molecule has 1 aromatic rings. The van der Waals surface area contributed by atoms with E-state index >= 15 is 0 Å². The summed E-state index contributed by atoms with van der Waals surface area (Å²) in [4.78, 5) is 10.6. The Bertz CT molecular complexity index is 383. The Morgan fingerprint density at radius 3 is 2.64 bits per heavy atom. The van der Waals surface area contributed by atoms with Gasteiger partial charge in [0, 0.05) is 5.56 Å². The summed E-state index contributed by atoms with van der Waals surface area (Å²) in [5.41, 5.74) is 7.59. The second-order valence-corrected chi connectivity index (χ2v) is 3.20. The van der Waals surface area contributed by atoms with Gasteiger partial charge in [0.2, 0.25) is 0 Å². The molecule has 0 fully saturated rings. The smallest absolute Gasteiger partial charge is 0.409 e. The molecule has 0 aliphatic heterocycles. The van der Waals surface area contributed by atoms with Gasteiger partial charge >= 0.3 is 6.09 Å². The first kappa shape index (κ1) is 10.3. The Morgan fingerprint density at radius 2 is 2.14 bits per heavy atom. The van der Waals surface area contributed by atoms with Crippen molar-refractivity contribution in [3.63, 3.8) is 0 Å². The molecule has 74 valence electrons. The van der Waals surface area contributed by atoms with Crippen LogP contribution in [0, 0.1) is 6.92 Å². The molecule has 2 N–H and O–H groups in total. The van der Waals surface area contributed by atoms with E-state index in [2.05, 4.69) is 6.58 Å². The van der Waals surface area contributed by atoms with Crippen LogP contribution in [0.25, 0.3) is 5.57 Å². The number of ether oxygens (including phenoxy) is 1. The molecule has 0 aliphatic rings. The van der Waals surface area contributed by atoms with Crippen LogP contribution in [0.5, 0.6) is 5.75 Å². The van der Waals surface area contributed by atoms with Gasteiger partial charge in [0.1, 0.15) is 5.75 Å². The van der Waals surface area contributed by atoms with Crippen LogP contribution in [-0.2, 0) is 0 Å². The van der Waals surface area contributed by atoms with Crippen LogP contribution < -0.4 is 10.5 Å². The van der Waals surface area contributed by atoms with E-state index in [1.54, 1.807) is 6.07 Å². The molecule has 0 aliphatic carbocycles. The summed E-state index contributed by atoms with van der Waals surface area (Å²) in [6.45, 7) is 7.55. The maximum atomic E-state index is 10.6. The SMILES string of the molecule is C=C(C)c1ccc(C)cc1OC(N)=O. The van der Waals surface area contributed by atoms with Crippen LogP contribution in [0.4, 0.5) is 4.79 Å². The largest absolute Gasteiger partial charge is 0.410 e. The van der Waals surface area contributed by atoms with Crippen LogP contribution in [0.1, 0.15) is 18.1 Å². The summed E-state index contributed by atoms with van der Waals surface area (Å²) >= 11 is 0. The molecule has 0 saturated carbocycles. The highest BCUT2D eigenvalue weighted by Crippen LogP contribution is 2.25. The summed E-state index contributed by atoms with van der Waals surface area (Å²) in [5.74, 6) is 0.463. The standard InChI is InChI=1S/C11H13NO2/c1-7(2)9-5-4-8(3)6-10(9)14-11(12)13/h4-6H,1H2,2-3H3,(H2,12,13). The molecule has 0 radical (unpaired) electrons. The van der Waals surface area contributed by atoms with E-state index in [1.165, 1.54) is 0 Å². The molecule has 0 heterocycles. The van der Waals surface area contributed by atoms with Crippen molar-refractivity contribution in [3.8, 4) is 5.75 Å². The molecule has 0 spiro atoms. The fourth-order valence-corrected chi connectivity index (χ4v) is 1.17. The van der Waals surface area contributed by atoms with Crippen LogP contribution in [0.2, 0.25) is 0 Å². The summed E-state index contributed by atoms with van der Waals surface area (Å²) in [6.07, 6.45) is -0.807. The normalized spacial score (nSPS) is 9.57. The maximum absolute atomic E-state index is 10.6. The van der Waals surface area contributed by atoms with Crippen molar-refractivity contribution in [2.45, 2.75) is 13.8 Å². The average Bonchev–Trinajstić information content (AvgIpc) is 2.01. The Morgan fingerprint density at radius 1 is 1.50 bits per heavy atom. The zero-order valence-corrected chi connectivity index (χ0v) is 8.33. The molecular formula is C11H13NO2. The van der Waals surface area contributed by atoms with E-state index in [0.717, 1.165) is 16.7 Å². The Labute approximate surface area is 83.2 Å². The summed E-state index contributed by atoms with van der Waals surface area (Å²) in [5, 5.41) is 0. The molecule has 3 nitrogen and oxygen atoms in total. The average molecular weight is 191 g/mol. The Balaban J connectivity index is 3.15. The summed E-state index contributed by atoms with van der Waals surface area (Å²) in [6, 6.07) is 5.54. The fourth-order valence-electron chi connectivity index (χ4n) is 1.17. The third kappa shape index (κ3) is 2.36. The third-order valence-electron chi connectivity index (χ3n) is 1.81. The topological polar surface area (TPSA) is 52.3 Å². The zero-order chi connectivity index (χ0) is 10.7. The molecule has 0 unspecified atom stereocenters. The van der Waals surface area contributed by atoms with Crippen LogP contribution in [0.3, 0.4) is 0 Å². The van der Waals surface area contributed by atoms with E-state index in [0.29, 0.717) is 5.75 Å². The lowest BCUT2D eigenvalue weighted by Gasteiger charge is -2.08. The lowest BCUT2D eigenvalue weighted by Crippen LogP contribution is -2.17. The molecule has 1 aromatic carbocycles. The minimum atomic E-state index is -0.807. The molecule has 1 amide bonds. The van der Waals surface area contributed by atoms with E-state index in [-0.39, 0.29) is 0 Å². The van der Waals surface area contributed by atoms with Gasteiger partial charge in [-0.3, -0.25) is 0 Å². The van der Waals surface area contributed by atoms with Crippen LogP contribution in [0.15, 0.2) is 24.8 Å². The highest BCUT2D eigenvalue weighted by atomic mass is 16.5. The van der Waals surface area contributed by atoms with Gasteiger partial charge in [-0.2, -0.15) is 0 Å². The number of benzene rings is 1. The summed E-state index contributed by atoms with van der Waals surface area (Å²) < 4.78 is 4.87. The van der Waals surface area contributed by atoms with Crippen molar-refractivity contribution in [3.05, 3.63) is 35.9 Å². The number of carbonyl (C=O) groups excluding carboxylic acids is 1. The van der Waals surface area contributed by atoms with Crippen molar-refractivity contribution in [1.29, 1.82) is 0 Å².